The average Bonchev–Trinajstić information content (AvgIpc) is 2.67. The smallest absolute Gasteiger partial charge is 0.332 e. The summed E-state index contributed by atoms with van der Waals surface area (Å²) in [6.45, 7) is -0.0590. The summed E-state index contributed by atoms with van der Waals surface area (Å²) in [5.74, 6) is 0. The van der Waals surface area contributed by atoms with Crippen molar-refractivity contribution in [3.8, 4) is 5.69 Å². The third-order valence-corrected chi connectivity index (χ3v) is 3.65. The summed E-state index contributed by atoms with van der Waals surface area (Å²) in [6.07, 6.45) is -1.33. The molecule has 138 valence electrons. The molecular formula is C19H15F3N4O. The van der Waals surface area contributed by atoms with Gasteiger partial charge in [-0.3, -0.25) is 0 Å². The number of amides is 2. The van der Waals surface area contributed by atoms with Gasteiger partial charge in [0.05, 0.1) is 22.8 Å². The quantitative estimate of drug-likeness (QED) is 0.762. The fourth-order valence-electron chi connectivity index (χ4n) is 2.34. The Balaban J connectivity index is 1.65. The molecule has 0 saturated carbocycles. The van der Waals surface area contributed by atoms with Crippen molar-refractivity contribution in [2.45, 2.75) is 12.7 Å². The molecule has 1 aromatic heterocycles. The minimum atomic E-state index is -4.42. The Hall–Kier alpha value is -3.42. The van der Waals surface area contributed by atoms with Gasteiger partial charge in [-0.15, -0.1) is 0 Å². The molecule has 3 rings (SSSR count). The number of hydrogen-bond donors (Lipinski definition) is 1. The molecule has 1 N–H and O–H groups in total. The molecule has 0 saturated heterocycles. The van der Waals surface area contributed by atoms with E-state index in [1.807, 2.05) is 30.3 Å². The van der Waals surface area contributed by atoms with Crippen LogP contribution < -0.4 is 10.7 Å². The number of para-hydroxylation sites is 1. The molecule has 8 heteroatoms. The van der Waals surface area contributed by atoms with Crippen LogP contribution in [-0.4, -0.2) is 15.8 Å². The molecule has 0 spiro atoms. The molecule has 0 radical (unpaired) electrons. The van der Waals surface area contributed by atoms with Crippen LogP contribution >= 0.6 is 0 Å². The van der Waals surface area contributed by atoms with E-state index in [1.54, 1.807) is 16.9 Å². The first kappa shape index (κ1) is 18.4. The lowest BCUT2D eigenvalue weighted by Crippen LogP contribution is -2.22. The van der Waals surface area contributed by atoms with E-state index in [2.05, 4.69) is 15.4 Å². The standard InChI is InChI=1S/C19H15F3N4O/c20-19(21,22)15-6-4-5-14(11-15)12-23-18(27)25-16-9-10-26(24-13-16)17-7-2-1-3-8-17/h1-11,13H,12H2,(H,23,27). The number of carbonyl (C=O) groups excluding carboxylic acids is 1. The molecule has 3 aromatic rings. The zero-order valence-corrected chi connectivity index (χ0v) is 14.0. The van der Waals surface area contributed by atoms with Crippen LogP contribution in [-0.2, 0) is 12.7 Å². The molecule has 1 heterocycles. The molecule has 0 fully saturated rings. The number of aromatic nitrogens is 2. The first-order chi connectivity index (χ1) is 12.9. The lowest BCUT2D eigenvalue weighted by molar-refractivity contribution is -0.137. The number of benzene rings is 2. The van der Waals surface area contributed by atoms with Crippen molar-refractivity contribution in [3.05, 3.63) is 89.5 Å². The predicted molar refractivity (Wildman–Crippen MR) is 92.8 cm³/mol. The van der Waals surface area contributed by atoms with E-state index < -0.39 is 17.8 Å². The highest BCUT2D eigenvalue weighted by Gasteiger charge is 2.30. The number of rotatable bonds is 3. The van der Waals surface area contributed by atoms with Crippen LogP contribution in [0.1, 0.15) is 11.1 Å². The van der Waals surface area contributed by atoms with Crippen LogP contribution in [0.25, 0.3) is 5.69 Å². The Morgan fingerprint density at radius 3 is 2.52 bits per heavy atom. The van der Waals surface area contributed by atoms with Gasteiger partial charge in [0, 0.05) is 12.7 Å². The van der Waals surface area contributed by atoms with Crippen LogP contribution in [0.2, 0.25) is 0 Å². The molecule has 0 aliphatic carbocycles. The zero-order valence-electron chi connectivity index (χ0n) is 14.0. The minimum absolute atomic E-state index is 0.0590. The second-order valence-electron chi connectivity index (χ2n) is 5.63. The molecule has 0 bridgehead atoms. The van der Waals surface area contributed by atoms with E-state index >= 15 is 0 Å². The van der Waals surface area contributed by atoms with Gasteiger partial charge in [-0.2, -0.15) is 23.3 Å². The summed E-state index contributed by atoms with van der Waals surface area (Å²) < 4.78 is 39.7. The molecular weight excluding hydrogens is 357 g/mol. The van der Waals surface area contributed by atoms with Crippen molar-refractivity contribution in [2.75, 3.05) is 0 Å². The van der Waals surface area contributed by atoms with Crippen molar-refractivity contribution in [1.29, 1.82) is 0 Å². The molecule has 2 amide bonds. The van der Waals surface area contributed by atoms with E-state index in [1.165, 1.54) is 18.3 Å². The summed E-state index contributed by atoms with van der Waals surface area (Å²) in [7, 11) is 0. The maximum Gasteiger partial charge on any atom is 0.416 e. The van der Waals surface area contributed by atoms with Crippen molar-refractivity contribution < 1.29 is 18.0 Å². The highest BCUT2D eigenvalue weighted by Crippen LogP contribution is 2.29. The van der Waals surface area contributed by atoms with Crippen LogP contribution in [0, 0.1) is 0 Å². The summed E-state index contributed by atoms with van der Waals surface area (Å²) in [5, 5.41) is 6.98. The Kier molecular flexibility index (Phi) is 5.35. The summed E-state index contributed by atoms with van der Waals surface area (Å²) in [6, 6.07) is 15.1. The van der Waals surface area contributed by atoms with Crippen molar-refractivity contribution in [3.63, 3.8) is 0 Å². The van der Waals surface area contributed by atoms with Gasteiger partial charge in [-0.1, -0.05) is 30.3 Å². The van der Waals surface area contributed by atoms with E-state index in [0.29, 0.717) is 10.9 Å². The topological polar surface area (TPSA) is 59.3 Å². The zero-order chi connectivity index (χ0) is 19.3. The molecule has 27 heavy (non-hydrogen) atoms. The lowest BCUT2D eigenvalue weighted by Gasteiger charge is -2.08. The number of carbonyl (C=O) groups is 1. The van der Waals surface area contributed by atoms with Gasteiger partial charge in [-0.25, -0.2) is 9.48 Å². The molecule has 2 aromatic carbocycles. The number of alkyl halides is 3. The average molecular weight is 372 g/mol. The Bertz CT molecular complexity index is 977. The third kappa shape index (κ3) is 5.04. The van der Waals surface area contributed by atoms with Crippen LogP contribution in [0.5, 0.6) is 0 Å². The van der Waals surface area contributed by atoms with E-state index in [0.717, 1.165) is 17.8 Å². The van der Waals surface area contributed by atoms with E-state index in [9.17, 15) is 18.0 Å². The fourth-order valence-corrected chi connectivity index (χ4v) is 2.34. The normalized spacial score (nSPS) is 12.0. The minimum Gasteiger partial charge on any atom is -0.332 e. The highest BCUT2D eigenvalue weighted by molar-refractivity contribution is 5.74. The third-order valence-electron chi connectivity index (χ3n) is 3.65. The molecule has 0 aliphatic heterocycles. The monoisotopic (exact) mass is 372 g/mol. The van der Waals surface area contributed by atoms with E-state index in [4.69, 9.17) is 0 Å². The lowest BCUT2D eigenvalue weighted by atomic mass is 10.1. The van der Waals surface area contributed by atoms with Gasteiger partial charge in [0.15, 0.2) is 0 Å². The summed E-state index contributed by atoms with van der Waals surface area (Å²) in [5.41, 5.74) is 0.434. The van der Waals surface area contributed by atoms with Gasteiger partial charge < -0.3 is 5.32 Å². The van der Waals surface area contributed by atoms with Crippen LogP contribution in [0.4, 0.5) is 18.0 Å². The number of urea groups is 1. The number of halogens is 3. The summed E-state index contributed by atoms with van der Waals surface area (Å²) >= 11 is 0. The first-order valence-electron chi connectivity index (χ1n) is 8.01. The fraction of sp³-hybridized carbons (Fsp3) is 0.105. The van der Waals surface area contributed by atoms with Gasteiger partial charge in [0.1, 0.15) is 0 Å². The number of nitrogens with zero attached hydrogens (tertiary/aromatic N) is 3. The molecule has 0 atom stereocenters. The maximum absolute atomic E-state index is 12.7. The number of nitrogens with one attached hydrogen (secondary N) is 1. The van der Waals surface area contributed by atoms with Crippen molar-refractivity contribution >= 4 is 6.03 Å². The van der Waals surface area contributed by atoms with Gasteiger partial charge in [0.25, 0.3) is 0 Å². The molecule has 5 nitrogen and oxygen atoms in total. The van der Waals surface area contributed by atoms with Gasteiger partial charge in [-0.05, 0) is 35.9 Å². The first-order valence-corrected chi connectivity index (χ1v) is 8.01. The Labute approximate surface area is 152 Å². The van der Waals surface area contributed by atoms with Crippen molar-refractivity contribution in [1.82, 2.24) is 15.1 Å². The van der Waals surface area contributed by atoms with Crippen LogP contribution in [0.3, 0.4) is 0 Å². The second kappa shape index (κ2) is 7.86. The van der Waals surface area contributed by atoms with E-state index in [-0.39, 0.29) is 6.54 Å². The van der Waals surface area contributed by atoms with Gasteiger partial charge in [0.2, 0.25) is 0 Å². The highest BCUT2D eigenvalue weighted by atomic mass is 19.4. The SMILES string of the molecule is O=C(N=c1ccn(-c2ccccc2)nc1)NCc1cccc(C(F)(F)F)c1. The molecule has 0 unspecified atom stereocenters. The van der Waals surface area contributed by atoms with Crippen molar-refractivity contribution in [2.24, 2.45) is 4.99 Å². The van der Waals surface area contributed by atoms with Crippen LogP contribution in [0.15, 0.2) is 78.0 Å². The summed E-state index contributed by atoms with van der Waals surface area (Å²) in [4.78, 5) is 15.7. The second-order valence-corrected chi connectivity index (χ2v) is 5.63. The molecule has 0 aliphatic rings. The Morgan fingerprint density at radius 2 is 1.85 bits per heavy atom. The Morgan fingerprint density at radius 1 is 1.07 bits per heavy atom. The number of hydrogen-bond acceptors (Lipinski definition) is 2. The van der Waals surface area contributed by atoms with Gasteiger partial charge >= 0.3 is 12.2 Å². The predicted octanol–water partition coefficient (Wildman–Crippen LogP) is 3.70. The maximum atomic E-state index is 12.7. The largest absolute Gasteiger partial charge is 0.416 e.